The molecule has 0 N–H and O–H groups in total. The van der Waals surface area contributed by atoms with Gasteiger partial charge in [-0.25, -0.2) is 0 Å². The Balaban J connectivity index is 0.623. The van der Waals surface area contributed by atoms with Crippen LogP contribution < -0.4 is 19.6 Å². The third kappa shape index (κ3) is 13.4. The summed E-state index contributed by atoms with van der Waals surface area (Å²) in [6, 6.07) is 153. The van der Waals surface area contributed by atoms with Crippen LogP contribution in [0.2, 0.25) is 0 Å². The number of hydrogen-bond acceptors (Lipinski definition) is 4. The number of rotatable bonds is 19. The molecule has 16 aromatic rings. The maximum Gasteiger partial charge on any atom is 0.0462 e. The molecule has 0 spiro atoms. The minimum atomic E-state index is 1.08. The van der Waals surface area contributed by atoms with Gasteiger partial charge in [0.05, 0.1) is 0 Å². The van der Waals surface area contributed by atoms with E-state index in [1.807, 2.05) is 0 Å². The van der Waals surface area contributed by atoms with Crippen LogP contribution in [-0.2, 0) is 0 Å². The fourth-order valence-corrected chi connectivity index (χ4v) is 13.5. The molecule has 16 aromatic carbocycles. The zero-order chi connectivity index (χ0) is 66.8. The molecule has 0 bridgehead atoms. The number of hydrogen-bond donors (Lipinski definition) is 0. The fourth-order valence-electron chi connectivity index (χ4n) is 13.5. The van der Waals surface area contributed by atoms with E-state index in [4.69, 9.17) is 0 Å². The van der Waals surface area contributed by atoms with E-state index in [-0.39, 0.29) is 0 Å². The Morgan fingerprint density at radius 1 is 0.0800 bits per heavy atom. The topological polar surface area (TPSA) is 13.0 Å². The van der Waals surface area contributed by atoms with Crippen molar-refractivity contribution in [3.63, 3.8) is 0 Å². The predicted octanol–water partition coefficient (Wildman–Crippen LogP) is 27.2. The number of nitrogens with zero attached hydrogens (tertiary/aromatic N) is 4. The minimum Gasteiger partial charge on any atom is -0.311 e. The van der Waals surface area contributed by atoms with E-state index in [1.165, 1.54) is 33.4 Å². The quantitative estimate of drug-likeness (QED) is 0.0800. The van der Waals surface area contributed by atoms with E-state index in [0.717, 1.165) is 113 Å². The van der Waals surface area contributed by atoms with Crippen LogP contribution in [0.15, 0.2) is 425 Å². The molecule has 0 saturated carbocycles. The second-order valence-corrected chi connectivity index (χ2v) is 24.9. The zero-order valence-corrected chi connectivity index (χ0v) is 55.2. The van der Waals surface area contributed by atoms with Gasteiger partial charge in [-0.3, -0.25) is 0 Å². The van der Waals surface area contributed by atoms with Crippen molar-refractivity contribution in [1.82, 2.24) is 0 Å². The van der Waals surface area contributed by atoms with Gasteiger partial charge in [0.25, 0.3) is 0 Å². The Morgan fingerprint density at radius 3 is 0.300 bits per heavy atom. The van der Waals surface area contributed by atoms with E-state index in [9.17, 15) is 0 Å². The lowest BCUT2D eigenvalue weighted by atomic mass is 9.97. The van der Waals surface area contributed by atoms with Gasteiger partial charge in [0, 0.05) is 68.2 Å². The van der Waals surface area contributed by atoms with E-state index in [2.05, 4.69) is 444 Å². The first-order valence-electron chi connectivity index (χ1n) is 34.1. The summed E-state index contributed by atoms with van der Waals surface area (Å²) in [6.07, 6.45) is 0. The first-order chi connectivity index (χ1) is 49.6. The largest absolute Gasteiger partial charge is 0.311 e. The van der Waals surface area contributed by atoms with Crippen molar-refractivity contribution in [3.8, 4) is 77.9 Å². The van der Waals surface area contributed by atoms with Crippen molar-refractivity contribution in [3.05, 3.63) is 425 Å². The van der Waals surface area contributed by atoms with Crippen molar-refractivity contribution in [2.75, 3.05) is 19.6 Å². The molecule has 0 aliphatic rings. The molecule has 0 amide bonds. The Hall–Kier alpha value is -13.3. The van der Waals surface area contributed by atoms with Crippen molar-refractivity contribution >= 4 is 68.2 Å². The predicted molar refractivity (Wildman–Crippen MR) is 423 cm³/mol. The van der Waals surface area contributed by atoms with Crippen molar-refractivity contribution in [2.45, 2.75) is 0 Å². The second kappa shape index (κ2) is 28.6. The number of benzene rings is 16. The molecule has 16 rings (SSSR count). The lowest BCUT2D eigenvalue weighted by molar-refractivity contribution is 1.28. The summed E-state index contributed by atoms with van der Waals surface area (Å²) in [5, 5.41) is 0. The molecule has 0 aromatic heterocycles. The summed E-state index contributed by atoms with van der Waals surface area (Å²) in [4.78, 5) is 9.28. The second-order valence-electron chi connectivity index (χ2n) is 24.9. The summed E-state index contributed by atoms with van der Waals surface area (Å²) >= 11 is 0. The van der Waals surface area contributed by atoms with Crippen LogP contribution in [0.4, 0.5) is 68.2 Å². The van der Waals surface area contributed by atoms with Gasteiger partial charge < -0.3 is 19.6 Å². The van der Waals surface area contributed by atoms with Crippen LogP contribution in [0.25, 0.3) is 77.9 Å². The Kier molecular flexibility index (Phi) is 17.6. The van der Waals surface area contributed by atoms with Crippen molar-refractivity contribution < 1.29 is 0 Å². The number of anilines is 12. The van der Waals surface area contributed by atoms with Gasteiger partial charge in [0.15, 0.2) is 0 Å². The van der Waals surface area contributed by atoms with Gasteiger partial charge >= 0.3 is 0 Å². The van der Waals surface area contributed by atoms with Crippen LogP contribution in [0.5, 0.6) is 0 Å². The summed E-state index contributed by atoms with van der Waals surface area (Å²) in [6.45, 7) is 0. The zero-order valence-electron chi connectivity index (χ0n) is 55.2. The highest BCUT2D eigenvalue weighted by Crippen LogP contribution is 2.43. The maximum atomic E-state index is 2.35. The normalized spacial score (nSPS) is 11.0. The molecule has 0 saturated heterocycles. The molecule has 0 heterocycles. The molecule has 4 heteroatoms. The van der Waals surface area contributed by atoms with Gasteiger partial charge in [0.1, 0.15) is 0 Å². The highest BCUT2D eigenvalue weighted by atomic mass is 15.2. The number of para-hydroxylation sites is 4. The van der Waals surface area contributed by atoms with Crippen LogP contribution in [0, 0.1) is 0 Å². The van der Waals surface area contributed by atoms with E-state index >= 15 is 0 Å². The molecule has 0 unspecified atom stereocenters. The van der Waals surface area contributed by atoms with Crippen molar-refractivity contribution in [2.24, 2.45) is 0 Å². The molecule has 0 aliphatic heterocycles. The van der Waals surface area contributed by atoms with Crippen molar-refractivity contribution in [1.29, 1.82) is 0 Å². The van der Waals surface area contributed by atoms with Gasteiger partial charge in [0.2, 0.25) is 0 Å². The Morgan fingerprint density at radius 2 is 0.170 bits per heavy atom. The summed E-state index contributed by atoms with van der Waals surface area (Å²) in [7, 11) is 0. The molecule has 0 aliphatic carbocycles. The third-order valence-corrected chi connectivity index (χ3v) is 18.7. The molecular formula is C96H70N4. The van der Waals surface area contributed by atoms with Gasteiger partial charge in [-0.2, -0.15) is 0 Å². The van der Waals surface area contributed by atoms with E-state index in [0.29, 0.717) is 0 Å². The standard InChI is InChI=1S/C96H70N4/c1-7-19-71(20-8-1)77-39-55-91(56-40-77)99(95-67-51-83(52-68-95)81-47-59-89(60-48-81)97(85-23-11-3-12-24-85)86-25-13-4-14-26-86)93-63-43-79(44-64-93)75-35-31-73(32-36-75)74-33-37-76(38-34-74)80-45-65-94(66-46-80)100(92-57-41-78(42-58-92)72-21-9-2-10-22-72)96-69-53-84(54-70-96)82-49-61-90(62-50-82)98(87-27-15-5-16-28-87)88-29-17-6-18-30-88/h1-70H. The summed E-state index contributed by atoms with van der Waals surface area (Å²) in [5.74, 6) is 0. The van der Waals surface area contributed by atoms with E-state index < -0.39 is 0 Å². The lowest BCUT2D eigenvalue weighted by Crippen LogP contribution is -2.10. The van der Waals surface area contributed by atoms with Gasteiger partial charge in [-0.1, -0.05) is 279 Å². The van der Waals surface area contributed by atoms with Gasteiger partial charge in [-0.05, 0) is 223 Å². The molecule has 0 atom stereocenters. The molecule has 0 fully saturated rings. The minimum absolute atomic E-state index is 1.08. The fraction of sp³-hybridized carbons (Fsp3) is 0. The van der Waals surface area contributed by atoms with Crippen LogP contribution in [0.3, 0.4) is 0 Å². The smallest absolute Gasteiger partial charge is 0.0462 e. The highest BCUT2D eigenvalue weighted by molar-refractivity contribution is 5.86. The van der Waals surface area contributed by atoms with E-state index in [1.54, 1.807) is 0 Å². The molecule has 100 heavy (non-hydrogen) atoms. The summed E-state index contributed by atoms with van der Waals surface area (Å²) in [5.41, 5.74) is 29.5. The van der Waals surface area contributed by atoms with Gasteiger partial charge in [-0.15, -0.1) is 0 Å². The monoisotopic (exact) mass is 1280 g/mol. The lowest BCUT2D eigenvalue weighted by Gasteiger charge is -2.26. The average molecular weight is 1280 g/mol. The Labute approximate surface area is 586 Å². The first-order valence-corrected chi connectivity index (χ1v) is 34.1. The SMILES string of the molecule is c1ccc(-c2ccc(N(c3ccc(-c4ccc(-c5ccc(-c6ccc(N(c7ccc(-c8ccccc8)cc7)c7ccc(-c8ccc(N(c9ccccc9)c9ccccc9)cc8)cc7)cc6)cc5)cc4)cc3)c3ccc(-c4ccc(N(c5ccccc5)c5ccccc5)cc4)cc3)cc2)cc1. The molecule has 474 valence electrons. The molecular weight excluding hydrogens is 1210 g/mol. The maximum absolute atomic E-state index is 2.35. The summed E-state index contributed by atoms with van der Waals surface area (Å²) < 4.78 is 0. The van der Waals surface area contributed by atoms with Crippen LogP contribution >= 0.6 is 0 Å². The van der Waals surface area contributed by atoms with Crippen LogP contribution in [-0.4, -0.2) is 0 Å². The third-order valence-electron chi connectivity index (χ3n) is 18.7. The average Bonchev–Trinajstić information content (AvgIpc) is 0.855. The highest BCUT2D eigenvalue weighted by Gasteiger charge is 2.19. The first kappa shape index (κ1) is 61.6. The molecule has 0 radical (unpaired) electrons. The Bertz CT molecular complexity index is 4860. The molecule has 4 nitrogen and oxygen atoms in total. The van der Waals surface area contributed by atoms with Crippen LogP contribution in [0.1, 0.15) is 0 Å².